The van der Waals surface area contributed by atoms with E-state index >= 15 is 0 Å². The molecule has 1 aromatic heterocycles. The average Bonchev–Trinajstić information content (AvgIpc) is 3.41. The Morgan fingerprint density at radius 1 is 1.37 bits per heavy atom. The van der Waals surface area contributed by atoms with E-state index in [1.807, 2.05) is 30.5 Å². The number of carbonyl (C=O) groups is 2. The zero-order chi connectivity index (χ0) is 18.9. The summed E-state index contributed by atoms with van der Waals surface area (Å²) in [4.78, 5) is 24.5. The summed E-state index contributed by atoms with van der Waals surface area (Å²) >= 11 is 0. The van der Waals surface area contributed by atoms with Crippen molar-refractivity contribution >= 4 is 11.9 Å². The van der Waals surface area contributed by atoms with Gasteiger partial charge in [0.15, 0.2) is 0 Å². The van der Waals surface area contributed by atoms with Gasteiger partial charge in [-0.25, -0.2) is 4.68 Å². The molecule has 1 saturated carbocycles. The summed E-state index contributed by atoms with van der Waals surface area (Å²) in [6.07, 6.45) is 7.32. The highest BCUT2D eigenvalue weighted by Gasteiger charge is 2.53. The van der Waals surface area contributed by atoms with Gasteiger partial charge in [-0.2, -0.15) is 5.10 Å². The van der Waals surface area contributed by atoms with Crippen molar-refractivity contribution < 1.29 is 19.1 Å². The van der Waals surface area contributed by atoms with Crippen molar-refractivity contribution in [2.75, 3.05) is 7.11 Å². The predicted molar refractivity (Wildman–Crippen MR) is 97.4 cm³/mol. The number of para-hydroxylation sites is 2. The molecular formula is C20H23N3O4. The summed E-state index contributed by atoms with van der Waals surface area (Å²) in [6.45, 7) is 0.356. The highest BCUT2D eigenvalue weighted by Crippen LogP contribution is 2.45. The zero-order valence-corrected chi connectivity index (χ0v) is 15.3. The van der Waals surface area contributed by atoms with Crippen molar-refractivity contribution in [2.24, 2.45) is 5.92 Å². The van der Waals surface area contributed by atoms with E-state index in [1.165, 1.54) is 0 Å². The van der Waals surface area contributed by atoms with Crippen LogP contribution >= 0.6 is 0 Å². The first kappa shape index (κ1) is 17.6. The molecule has 1 saturated heterocycles. The number of esters is 1. The van der Waals surface area contributed by atoms with Crippen LogP contribution in [-0.2, 0) is 20.9 Å². The van der Waals surface area contributed by atoms with E-state index in [-0.39, 0.29) is 18.3 Å². The Bertz CT molecular complexity index is 854. The maximum Gasteiger partial charge on any atom is 0.307 e. The van der Waals surface area contributed by atoms with Crippen LogP contribution in [0.15, 0.2) is 36.7 Å². The molecule has 1 aliphatic heterocycles. The number of ether oxygens (including phenoxy) is 2. The Hall–Kier alpha value is -2.83. The van der Waals surface area contributed by atoms with Gasteiger partial charge in [-0.1, -0.05) is 12.1 Å². The van der Waals surface area contributed by atoms with E-state index in [0.717, 1.165) is 42.7 Å². The van der Waals surface area contributed by atoms with E-state index in [0.29, 0.717) is 6.54 Å². The highest BCUT2D eigenvalue weighted by atomic mass is 16.6. The molecule has 2 fully saturated rings. The first-order valence-corrected chi connectivity index (χ1v) is 9.28. The van der Waals surface area contributed by atoms with Gasteiger partial charge in [0.1, 0.15) is 17.0 Å². The quantitative estimate of drug-likeness (QED) is 0.818. The second-order valence-electron chi connectivity index (χ2n) is 7.19. The lowest BCUT2D eigenvalue weighted by atomic mass is 9.85. The van der Waals surface area contributed by atoms with Crippen LogP contribution in [-0.4, -0.2) is 34.4 Å². The molecule has 4 rings (SSSR count). The van der Waals surface area contributed by atoms with Gasteiger partial charge in [-0.05, 0) is 37.8 Å². The number of amides is 1. The molecule has 2 aromatic rings. The molecule has 1 atom stereocenters. The third kappa shape index (κ3) is 3.29. The first-order valence-electron chi connectivity index (χ1n) is 9.28. The fraction of sp³-hybridized carbons (Fsp3) is 0.450. The van der Waals surface area contributed by atoms with Crippen LogP contribution in [0.2, 0.25) is 0 Å². The lowest BCUT2D eigenvalue weighted by Gasteiger charge is -2.27. The van der Waals surface area contributed by atoms with Crippen LogP contribution in [0.5, 0.6) is 5.75 Å². The number of carbonyl (C=O) groups excluding carboxylic acids is 2. The topological polar surface area (TPSA) is 82.5 Å². The number of hydrogen-bond acceptors (Lipinski definition) is 5. The number of rotatable bonds is 5. The number of hydrogen-bond donors (Lipinski definition) is 1. The van der Waals surface area contributed by atoms with Crippen molar-refractivity contribution in [1.29, 1.82) is 0 Å². The second kappa shape index (κ2) is 7.06. The normalized spacial score (nSPS) is 20.6. The molecule has 1 aromatic carbocycles. The van der Waals surface area contributed by atoms with Gasteiger partial charge >= 0.3 is 5.97 Å². The minimum Gasteiger partial charge on any atom is -0.494 e. The van der Waals surface area contributed by atoms with Gasteiger partial charge in [0.05, 0.1) is 25.6 Å². The molecule has 0 bridgehead atoms. The molecule has 1 N–H and O–H groups in total. The summed E-state index contributed by atoms with van der Waals surface area (Å²) in [5, 5.41) is 7.31. The van der Waals surface area contributed by atoms with Gasteiger partial charge in [-0.15, -0.1) is 0 Å². The van der Waals surface area contributed by atoms with Crippen molar-refractivity contribution in [1.82, 2.24) is 15.1 Å². The lowest BCUT2D eigenvalue weighted by molar-refractivity contribution is -0.149. The summed E-state index contributed by atoms with van der Waals surface area (Å²) in [6, 6.07) is 7.60. The Labute approximate surface area is 157 Å². The smallest absolute Gasteiger partial charge is 0.307 e. The van der Waals surface area contributed by atoms with Crippen molar-refractivity contribution in [3.05, 3.63) is 42.2 Å². The molecule has 0 unspecified atom stereocenters. The SMILES string of the molecule is COc1ccccc1-n1cc(CNC(=O)[C@H]2CC(=O)OC23CCCC3)cn1. The highest BCUT2D eigenvalue weighted by molar-refractivity contribution is 5.87. The monoisotopic (exact) mass is 369 g/mol. The minimum atomic E-state index is -0.581. The van der Waals surface area contributed by atoms with Crippen LogP contribution in [0.3, 0.4) is 0 Å². The third-order valence-corrected chi connectivity index (χ3v) is 5.52. The maximum atomic E-state index is 12.7. The molecular weight excluding hydrogens is 346 g/mol. The molecule has 0 radical (unpaired) electrons. The largest absolute Gasteiger partial charge is 0.494 e. The Balaban J connectivity index is 1.43. The average molecular weight is 369 g/mol. The summed E-state index contributed by atoms with van der Waals surface area (Å²) in [5.41, 5.74) is 1.13. The summed E-state index contributed by atoms with van der Waals surface area (Å²) in [5.74, 6) is -0.0495. The van der Waals surface area contributed by atoms with Crippen LogP contribution in [0.1, 0.15) is 37.7 Å². The van der Waals surface area contributed by atoms with Gasteiger partial charge in [-0.3, -0.25) is 9.59 Å². The number of aromatic nitrogens is 2. The lowest BCUT2D eigenvalue weighted by Crippen LogP contribution is -2.42. The minimum absolute atomic E-state index is 0.118. The Kier molecular flexibility index (Phi) is 4.59. The Morgan fingerprint density at radius 3 is 2.93 bits per heavy atom. The van der Waals surface area contributed by atoms with E-state index < -0.39 is 11.5 Å². The number of nitrogens with zero attached hydrogens (tertiary/aromatic N) is 2. The van der Waals surface area contributed by atoms with E-state index in [1.54, 1.807) is 18.0 Å². The standard InChI is InChI=1S/C20H23N3O4/c1-26-17-7-3-2-6-16(17)23-13-14(12-22-23)11-21-19(25)15-10-18(24)27-20(15)8-4-5-9-20/h2-3,6-7,12-13,15H,4-5,8-11H2,1H3,(H,21,25)/t15-/m1/s1. The summed E-state index contributed by atoms with van der Waals surface area (Å²) in [7, 11) is 1.62. The van der Waals surface area contributed by atoms with Crippen molar-refractivity contribution in [3.63, 3.8) is 0 Å². The van der Waals surface area contributed by atoms with Crippen LogP contribution < -0.4 is 10.1 Å². The van der Waals surface area contributed by atoms with Gasteiger partial charge in [0, 0.05) is 18.3 Å². The van der Waals surface area contributed by atoms with Gasteiger partial charge < -0.3 is 14.8 Å². The fourth-order valence-corrected chi connectivity index (χ4v) is 4.16. The van der Waals surface area contributed by atoms with Crippen LogP contribution in [0.25, 0.3) is 5.69 Å². The maximum absolute atomic E-state index is 12.7. The Morgan fingerprint density at radius 2 is 2.15 bits per heavy atom. The van der Waals surface area contributed by atoms with Crippen LogP contribution in [0.4, 0.5) is 0 Å². The molecule has 7 nitrogen and oxygen atoms in total. The van der Waals surface area contributed by atoms with Crippen molar-refractivity contribution in [3.8, 4) is 11.4 Å². The van der Waals surface area contributed by atoms with E-state index in [9.17, 15) is 9.59 Å². The van der Waals surface area contributed by atoms with Gasteiger partial charge in [0.2, 0.25) is 5.91 Å². The third-order valence-electron chi connectivity index (χ3n) is 5.52. The molecule has 1 aliphatic carbocycles. The summed E-state index contributed by atoms with van der Waals surface area (Å²) < 4.78 is 12.6. The fourth-order valence-electron chi connectivity index (χ4n) is 4.16. The molecule has 27 heavy (non-hydrogen) atoms. The zero-order valence-electron chi connectivity index (χ0n) is 15.3. The number of nitrogens with one attached hydrogen (secondary N) is 1. The predicted octanol–water partition coefficient (Wildman–Crippen LogP) is 2.37. The molecule has 142 valence electrons. The molecule has 1 amide bonds. The van der Waals surface area contributed by atoms with Gasteiger partial charge in [0.25, 0.3) is 0 Å². The number of benzene rings is 1. The first-order chi connectivity index (χ1) is 13.1. The number of methoxy groups -OCH3 is 1. The second-order valence-corrected chi connectivity index (χ2v) is 7.19. The molecule has 7 heteroatoms. The van der Waals surface area contributed by atoms with Crippen molar-refractivity contribution in [2.45, 2.75) is 44.2 Å². The van der Waals surface area contributed by atoms with Crippen LogP contribution in [0, 0.1) is 5.92 Å². The molecule has 2 aliphatic rings. The molecule has 2 heterocycles. The molecule has 1 spiro atoms. The van der Waals surface area contributed by atoms with E-state index in [4.69, 9.17) is 9.47 Å². The van der Waals surface area contributed by atoms with E-state index in [2.05, 4.69) is 10.4 Å².